The lowest BCUT2D eigenvalue weighted by molar-refractivity contribution is -0.384. The van der Waals surface area contributed by atoms with Crippen LogP contribution in [0.3, 0.4) is 0 Å². The van der Waals surface area contributed by atoms with E-state index in [0.29, 0.717) is 17.1 Å². The molecule has 0 unspecified atom stereocenters. The van der Waals surface area contributed by atoms with E-state index in [0.717, 1.165) is 14.0 Å². The van der Waals surface area contributed by atoms with Gasteiger partial charge in [0.15, 0.2) is 11.5 Å². The van der Waals surface area contributed by atoms with Crippen molar-refractivity contribution in [3.63, 3.8) is 0 Å². The largest absolute Gasteiger partial charge is 0.493 e. The molecule has 1 fully saturated rings. The lowest BCUT2D eigenvalue weighted by atomic mass is 10.1. The molecule has 0 radical (unpaired) electrons. The van der Waals surface area contributed by atoms with Crippen molar-refractivity contribution in [3.8, 4) is 11.5 Å². The minimum atomic E-state index is -0.457. The van der Waals surface area contributed by atoms with Crippen molar-refractivity contribution in [2.75, 3.05) is 13.7 Å². The average Bonchev–Trinajstić information content (AvgIpc) is 2.99. The Morgan fingerprint density at radius 1 is 1.23 bits per heavy atom. The number of non-ortho nitro benzene ring substituents is 1. The quantitative estimate of drug-likeness (QED) is 0.195. The van der Waals surface area contributed by atoms with Crippen LogP contribution in [-0.4, -0.2) is 35.4 Å². The van der Waals surface area contributed by atoms with Crippen LogP contribution in [0.2, 0.25) is 0 Å². The fourth-order valence-corrected chi connectivity index (χ4v) is 3.64. The number of benzene rings is 2. The summed E-state index contributed by atoms with van der Waals surface area (Å²) >= 11 is 2.09. The van der Waals surface area contributed by atoms with E-state index < -0.39 is 11.0 Å². The summed E-state index contributed by atoms with van der Waals surface area (Å²) in [7, 11) is 1.50. The van der Waals surface area contributed by atoms with Crippen LogP contribution in [0, 0.1) is 13.7 Å². The number of nitrogens with one attached hydrogen (secondary N) is 1. The predicted molar refractivity (Wildman–Crippen MR) is 117 cm³/mol. The van der Waals surface area contributed by atoms with Crippen LogP contribution in [-0.2, 0) is 11.4 Å². The van der Waals surface area contributed by atoms with Crippen LogP contribution < -0.4 is 14.8 Å². The van der Waals surface area contributed by atoms with Crippen molar-refractivity contribution in [3.05, 3.63) is 66.9 Å². The van der Waals surface area contributed by atoms with Gasteiger partial charge in [0.1, 0.15) is 12.3 Å². The Bertz CT molecular complexity index is 1040. The Morgan fingerprint density at radius 3 is 2.50 bits per heavy atom. The second-order valence-corrected chi connectivity index (χ2v) is 7.45. The molecule has 1 aliphatic rings. The van der Waals surface area contributed by atoms with Crippen LogP contribution in [0.5, 0.6) is 11.5 Å². The first kappa shape index (κ1) is 21.6. The maximum Gasteiger partial charge on any atom is 0.328 e. The average molecular weight is 523 g/mol. The molecule has 156 valence electrons. The number of nitro benzene ring substituents is 1. The molecule has 2 aromatic rings. The lowest BCUT2D eigenvalue weighted by Gasteiger charge is -2.14. The first-order valence-electron chi connectivity index (χ1n) is 8.92. The van der Waals surface area contributed by atoms with Gasteiger partial charge in [-0.3, -0.25) is 19.8 Å². The van der Waals surface area contributed by atoms with Gasteiger partial charge in [-0.2, -0.15) is 0 Å². The van der Waals surface area contributed by atoms with Crippen LogP contribution in [0.4, 0.5) is 10.5 Å². The highest BCUT2D eigenvalue weighted by Gasteiger charge is 2.32. The second-order valence-electron chi connectivity index (χ2n) is 6.28. The summed E-state index contributed by atoms with van der Waals surface area (Å²) in [6.45, 7) is 2.21. The molecule has 3 rings (SSSR count). The molecule has 1 heterocycles. The minimum absolute atomic E-state index is 0.0125. The molecule has 0 saturated carbocycles. The SMILES string of the molecule is CCN1C(=O)N/C(=C/c2cc(I)c(OCc3ccc([N+](=O)[O-])cc3)c(OC)c2)C1=O. The number of hydrogen-bond acceptors (Lipinski definition) is 6. The molecule has 10 heteroatoms. The number of carbonyl (C=O) groups excluding carboxylic acids is 2. The van der Waals surface area contributed by atoms with Crippen molar-refractivity contribution < 1.29 is 24.0 Å². The van der Waals surface area contributed by atoms with Gasteiger partial charge in [0.2, 0.25) is 0 Å². The van der Waals surface area contributed by atoms with Crippen molar-refractivity contribution in [2.24, 2.45) is 0 Å². The molecule has 30 heavy (non-hydrogen) atoms. The summed E-state index contributed by atoms with van der Waals surface area (Å²) < 4.78 is 12.0. The third-order valence-corrected chi connectivity index (χ3v) is 5.17. The number of nitro groups is 1. The van der Waals surface area contributed by atoms with Gasteiger partial charge in [-0.05, 0) is 71.0 Å². The van der Waals surface area contributed by atoms with E-state index >= 15 is 0 Å². The highest BCUT2D eigenvalue weighted by molar-refractivity contribution is 14.1. The molecule has 2 aromatic carbocycles. The van der Waals surface area contributed by atoms with E-state index in [4.69, 9.17) is 9.47 Å². The molecule has 1 saturated heterocycles. The Hall–Kier alpha value is -3.15. The Kier molecular flexibility index (Phi) is 6.55. The van der Waals surface area contributed by atoms with E-state index in [2.05, 4.69) is 27.9 Å². The Labute approximate surface area is 185 Å². The Morgan fingerprint density at radius 2 is 1.93 bits per heavy atom. The molecule has 0 aliphatic carbocycles. The lowest BCUT2D eigenvalue weighted by Crippen LogP contribution is -2.30. The van der Waals surface area contributed by atoms with Crippen molar-refractivity contribution >= 4 is 46.3 Å². The number of amides is 3. The molecule has 1 aliphatic heterocycles. The third kappa shape index (κ3) is 4.53. The number of rotatable bonds is 7. The molecule has 0 aromatic heterocycles. The third-order valence-electron chi connectivity index (χ3n) is 4.37. The molecule has 0 spiro atoms. The summed E-state index contributed by atoms with van der Waals surface area (Å²) in [6, 6.07) is 9.15. The van der Waals surface area contributed by atoms with E-state index in [-0.39, 0.29) is 30.4 Å². The topological polar surface area (TPSA) is 111 Å². The summed E-state index contributed by atoms with van der Waals surface area (Å²) in [5, 5.41) is 13.3. The number of likely N-dealkylation sites (N-methyl/N-ethyl adjacent to an activating group) is 1. The van der Waals surface area contributed by atoms with Crippen molar-refractivity contribution in [1.29, 1.82) is 0 Å². The van der Waals surface area contributed by atoms with Gasteiger partial charge < -0.3 is 14.8 Å². The highest BCUT2D eigenvalue weighted by atomic mass is 127. The fourth-order valence-electron chi connectivity index (χ4n) is 2.86. The first-order chi connectivity index (χ1) is 14.3. The Balaban J connectivity index is 1.81. The number of ether oxygens (including phenoxy) is 2. The zero-order valence-corrected chi connectivity index (χ0v) is 18.3. The zero-order chi connectivity index (χ0) is 21.8. The number of nitrogens with zero attached hydrogens (tertiary/aromatic N) is 2. The van der Waals surface area contributed by atoms with Gasteiger partial charge in [0, 0.05) is 18.7 Å². The second kappa shape index (κ2) is 9.11. The fraction of sp³-hybridized carbons (Fsp3) is 0.200. The van der Waals surface area contributed by atoms with Crippen molar-refractivity contribution in [1.82, 2.24) is 10.2 Å². The zero-order valence-electron chi connectivity index (χ0n) is 16.2. The molecular formula is C20H18IN3O6. The molecule has 1 N–H and O–H groups in total. The first-order valence-corrected chi connectivity index (χ1v) is 10.00. The number of imide groups is 1. The van der Waals surface area contributed by atoms with Gasteiger partial charge in [0.25, 0.3) is 11.6 Å². The summed E-state index contributed by atoms with van der Waals surface area (Å²) in [4.78, 5) is 35.5. The molecule has 9 nitrogen and oxygen atoms in total. The van der Waals surface area contributed by atoms with Gasteiger partial charge in [-0.1, -0.05) is 0 Å². The van der Waals surface area contributed by atoms with E-state index in [1.165, 1.54) is 19.2 Å². The van der Waals surface area contributed by atoms with Crippen LogP contribution in [0.25, 0.3) is 6.08 Å². The number of carbonyl (C=O) groups is 2. The summed E-state index contributed by atoms with van der Waals surface area (Å²) in [5.74, 6) is 0.588. The van der Waals surface area contributed by atoms with Gasteiger partial charge in [0.05, 0.1) is 15.6 Å². The van der Waals surface area contributed by atoms with Crippen molar-refractivity contribution in [2.45, 2.75) is 13.5 Å². The van der Waals surface area contributed by atoms with E-state index in [9.17, 15) is 19.7 Å². The number of halogens is 1. The molecular weight excluding hydrogens is 505 g/mol. The molecule has 3 amide bonds. The van der Waals surface area contributed by atoms with Gasteiger partial charge in [-0.25, -0.2) is 4.79 Å². The minimum Gasteiger partial charge on any atom is -0.493 e. The number of hydrogen-bond donors (Lipinski definition) is 1. The smallest absolute Gasteiger partial charge is 0.328 e. The van der Waals surface area contributed by atoms with Crippen LogP contribution in [0.15, 0.2) is 42.1 Å². The van der Waals surface area contributed by atoms with E-state index in [1.54, 1.807) is 37.3 Å². The maximum atomic E-state index is 12.3. The molecule has 0 bridgehead atoms. The maximum absolute atomic E-state index is 12.3. The standard InChI is InChI=1S/C20H18IN3O6/c1-3-23-19(25)16(22-20(23)26)9-13-8-15(21)18(17(10-13)29-2)30-11-12-4-6-14(7-5-12)24(27)28/h4-10H,3,11H2,1-2H3,(H,22,26)/b16-9+. The van der Waals surface area contributed by atoms with Gasteiger partial charge in [-0.15, -0.1) is 0 Å². The van der Waals surface area contributed by atoms with Gasteiger partial charge >= 0.3 is 6.03 Å². The summed E-state index contributed by atoms with van der Waals surface area (Å²) in [5.41, 5.74) is 1.64. The monoisotopic (exact) mass is 523 g/mol. The van der Waals surface area contributed by atoms with Crippen LogP contribution in [0.1, 0.15) is 18.1 Å². The summed E-state index contributed by atoms with van der Waals surface area (Å²) in [6.07, 6.45) is 1.58. The molecule has 0 atom stereocenters. The van der Waals surface area contributed by atoms with E-state index in [1.807, 2.05) is 0 Å². The van der Waals surface area contributed by atoms with Crippen LogP contribution >= 0.6 is 22.6 Å². The predicted octanol–water partition coefficient (Wildman–Crippen LogP) is 3.70. The number of methoxy groups -OCH3 is 1. The highest BCUT2D eigenvalue weighted by Crippen LogP contribution is 2.35. The number of urea groups is 1. The normalized spacial score (nSPS) is 14.8.